The minimum atomic E-state index is -0.162. The minimum absolute atomic E-state index is 0.0421. The molecule has 1 aliphatic rings. The number of carbonyl (C=O) groups is 2. The molecule has 1 fully saturated rings. The number of hydrogen-bond acceptors (Lipinski definition) is 3. The predicted molar refractivity (Wildman–Crippen MR) is 76.6 cm³/mol. The van der Waals surface area contributed by atoms with Crippen LogP contribution < -0.4 is 10.2 Å². The van der Waals surface area contributed by atoms with Gasteiger partial charge in [-0.15, -0.1) is 0 Å². The van der Waals surface area contributed by atoms with Crippen LogP contribution in [0, 0.1) is 5.92 Å². The molecule has 2 rings (SSSR count). The summed E-state index contributed by atoms with van der Waals surface area (Å²) in [6.07, 6.45) is 1.49. The number of benzene rings is 1. The van der Waals surface area contributed by atoms with Crippen LogP contribution in [-0.2, 0) is 4.79 Å². The Hall–Kier alpha value is -1.88. The van der Waals surface area contributed by atoms with Crippen molar-refractivity contribution in [1.82, 2.24) is 5.32 Å². The second kappa shape index (κ2) is 6.52. The van der Waals surface area contributed by atoms with Crippen molar-refractivity contribution in [1.29, 1.82) is 0 Å². The third kappa shape index (κ3) is 3.36. The van der Waals surface area contributed by atoms with Gasteiger partial charge < -0.3 is 15.3 Å². The van der Waals surface area contributed by atoms with Crippen molar-refractivity contribution in [3.8, 4) is 0 Å². The van der Waals surface area contributed by atoms with Crippen LogP contribution in [0.4, 0.5) is 5.69 Å². The second-order valence-corrected chi connectivity index (χ2v) is 5.19. The summed E-state index contributed by atoms with van der Waals surface area (Å²) in [5.41, 5.74) is 1.40. The summed E-state index contributed by atoms with van der Waals surface area (Å²) in [7, 11) is 0. The molecule has 0 radical (unpaired) electrons. The van der Waals surface area contributed by atoms with E-state index in [-0.39, 0.29) is 24.3 Å². The predicted octanol–water partition coefficient (Wildman–Crippen LogP) is 1.17. The van der Waals surface area contributed by atoms with Gasteiger partial charge in [-0.3, -0.25) is 9.59 Å². The average molecular weight is 276 g/mol. The molecule has 20 heavy (non-hydrogen) atoms. The van der Waals surface area contributed by atoms with Crippen LogP contribution in [0.5, 0.6) is 0 Å². The zero-order valence-electron chi connectivity index (χ0n) is 11.6. The van der Waals surface area contributed by atoms with Gasteiger partial charge >= 0.3 is 0 Å². The highest BCUT2D eigenvalue weighted by Gasteiger charge is 2.21. The molecular weight excluding hydrogens is 256 g/mol. The number of hydrogen-bond donors (Lipinski definition) is 2. The highest BCUT2D eigenvalue weighted by Crippen LogP contribution is 2.21. The monoisotopic (exact) mass is 276 g/mol. The Bertz CT molecular complexity index is 484. The number of nitrogens with zero attached hydrogens (tertiary/aromatic N) is 1. The summed E-state index contributed by atoms with van der Waals surface area (Å²) in [6, 6.07) is 7.04. The van der Waals surface area contributed by atoms with Crippen molar-refractivity contribution in [3.63, 3.8) is 0 Å². The van der Waals surface area contributed by atoms with E-state index in [1.807, 2.05) is 6.92 Å². The molecule has 1 unspecified atom stereocenters. The molecule has 1 heterocycles. The maximum atomic E-state index is 11.9. The van der Waals surface area contributed by atoms with Gasteiger partial charge in [0.05, 0.1) is 0 Å². The van der Waals surface area contributed by atoms with Crippen molar-refractivity contribution in [3.05, 3.63) is 29.8 Å². The Kier molecular flexibility index (Phi) is 4.74. The third-order valence-corrected chi connectivity index (χ3v) is 3.44. The van der Waals surface area contributed by atoms with Crippen LogP contribution in [-0.4, -0.2) is 36.6 Å². The Morgan fingerprint density at radius 3 is 2.65 bits per heavy atom. The molecule has 1 aliphatic heterocycles. The van der Waals surface area contributed by atoms with Crippen LogP contribution in [0.3, 0.4) is 0 Å². The van der Waals surface area contributed by atoms with Gasteiger partial charge in [0.1, 0.15) is 0 Å². The molecule has 0 aromatic heterocycles. The smallest absolute Gasteiger partial charge is 0.251 e. The second-order valence-electron chi connectivity index (χ2n) is 5.19. The van der Waals surface area contributed by atoms with E-state index in [1.54, 1.807) is 29.2 Å². The van der Waals surface area contributed by atoms with Gasteiger partial charge in [-0.1, -0.05) is 6.92 Å². The van der Waals surface area contributed by atoms with Crippen molar-refractivity contribution >= 4 is 17.5 Å². The zero-order valence-corrected chi connectivity index (χ0v) is 11.6. The molecular formula is C15H20N2O3. The molecule has 0 bridgehead atoms. The summed E-state index contributed by atoms with van der Waals surface area (Å²) in [5, 5.41) is 11.7. The van der Waals surface area contributed by atoms with Crippen molar-refractivity contribution in [2.24, 2.45) is 5.92 Å². The molecule has 5 heteroatoms. The van der Waals surface area contributed by atoms with E-state index in [1.165, 1.54) is 0 Å². The lowest BCUT2D eigenvalue weighted by molar-refractivity contribution is -0.117. The van der Waals surface area contributed by atoms with Crippen molar-refractivity contribution in [2.75, 3.05) is 24.6 Å². The van der Waals surface area contributed by atoms with Gasteiger partial charge in [-0.05, 0) is 36.6 Å². The highest BCUT2D eigenvalue weighted by atomic mass is 16.3. The number of aliphatic hydroxyl groups is 1. The number of amides is 2. The molecule has 1 aromatic rings. The summed E-state index contributed by atoms with van der Waals surface area (Å²) in [6.45, 7) is 3.11. The number of rotatable bonds is 5. The lowest BCUT2D eigenvalue weighted by atomic mass is 10.1. The van der Waals surface area contributed by atoms with Crippen molar-refractivity contribution < 1.29 is 14.7 Å². The molecule has 2 amide bonds. The fraction of sp³-hybridized carbons (Fsp3) is 0.467. The first-order valence-corrected chi connectivity index (χ1v) is 6.91. The van der Waals surface area contributed by atoms with E-state index < -0.39 is 0 Å². The van der Waals surface area contributed by atoms with Crippen LogP contribution in [0.25, 0.3) is 0 Å². The molecule has 108 valence electrons. The van der Waals surface area contributed by atoms with Gasteiger partial charge in [0.15, 0.2) is 0 Å². The summed E-state index contributed by atoms with van der Waals surface area (Å²) < 4.78 is 0. The SMILES string of the molecule is CC(CO)CNC(=O)c1ccc(N2CCCC2=O)cc1. The molecule has 0 aliphatic carbocycles. The van der Waals surface area contributed by atoms with Gasteiger partial charge in [-0.25, -0.2) is 0 Å². The lowest BCUT2D eigenvalue weighted by Crippen LogP contribution is -2.29. The van der Waals surface area contributed by atoms with E-state index in [0.29, 0.717) is 18.5 Å². The molecule has 1 saturated heterocycles. The van der Waals surface area contributed by atoms with Gasteiger partial charge in [-0.2, -0.15) is 0 Å². The first kappa shape index (κ1) is 14.5. The van der Waals surface area contributed by atoms with E-state index in [2.05, 4.69) is 5.32 Å². The number of carbonyl (C=O) groups excluding carboxylic acids is 2. The molecule has 1 atom stereocenters. The molecule has 5 nitrogen and oxygen atoms in total. The molecule has 0 spiro atoms. The van der Waals surface area contributed by atoms with Crippen LogP contribution in [0.15, 0.2) is 24.3 Å². The van der Waals surface area contributed by atoms with E-state index in [4.69, 9.17) is 5.11 Å². The van der Waals surface area contributed by atoms with Crippen molar-refractivity contribution in [2.45, 2.75) is 19.8 Å². The first-order valence-electron chi connectivity index (χ1n) is 6.91. The number of anilines is 1. The largest absolute Gasteiger partial charge is 0.396 e. The standard InChI is InChI=1S/C15H20N2O3/c1-11(10-18)9-16-15(20)12-4-6-13(7-5-12)17-8-2-3-14(17)19/h4-7,11,18H,2-3,8-10H2,1H3,(H,16,20). The quantitative estimate of drug-likeness (QED) is 0.848. The number of aliphatic hydroxyl groups excluding tert-OH is 1. The van der Waals surface area contributed by atoms with Gasteiger partial charge in [0, 0.05) is 37.4 Å². The lowest BCUT2D eigenvalue weighted by Gasteiger charge is -2.16. The Balaban J connectivity index is 1.97. The van der Waals surface area contributed by atoms with Crippen LogP contribution in [0.2, 0.25) is 0 Å². The zero-order chi connectivity index (χ0) is 14.5. The van der Waals surface area contributed by atoms with Crippen LogP contribution >= 0.6 is 0 Å². The first-order chi connectivity index (χ1) is 9.61. The van der Waals surface area contributed by atoms with E-state index in [0.717, 1.165) is 18.7 Å². The molecule has 1 aromatic carbocycles. The highest BCUT2D eigenvalue weighted by molar-refractivity contribution is 5.97. The van der Waals surface area contributed by atoms with E-state index >= 15 is 0 Å². The molecule has 2 N–H and O–H groups in total. The normalized spacial score (nSPS) is 16.3. The van der Waals surface area contributed by atoms with Gasteiger partial charge in [0.2, 0.25) is 5.91 Å². The Morgan fingerprint density at radius 2 is 2.10 bits per heavy atom. The van der Waals surface area contributed by atoms with Crippen LogP contribution in [0.1, 0.15) is 30.1 Å². The third-order valence-electron chi connectivity index (χ3n) is 3.44. The summed E-state index contributed by atoms with van der Waals surface area (Å²) in [4.78, 5) is 25.3. The number of nitrogens with one attached hydrogen (secondary N) is 1. The summed E-state index contributed by atoms with van der Waals surface area (Å²) >= 11 is 0. The maximum absolute atomic E-state index is 11.9. The van der Waals surface area contributed by atoms with Gasteiger partial charge in [0.25, 0.3) is 5.91 Å². The Labute approximate surface area is 118 Å². The van der Waals surface area contributed by atoms with E-state index in [9.17, 15) is 9.59 Å². The molecule has 0 saturated carbocycles. The maximum Gasteiger partial charge on any atom is 0.251 e. The Morgan fingerprint density at radius 1 is 1.40 bits per heavy atom. The fourth-order valence-electron chi connectivity index (χ4n) is 2.15. The topological polar surface area (TPSA) is 69.6 Å². The fourth-order valence-corrected chi connectivity index (χ4v) is 2.15. The average Bonchev–Trinajstić information content (AvgIpc) is 2.90. The summed E-state index contributed by atoms with van der Waals surface area (Å²) in [5.74, 6) is 0.0176. The minimum Gasteiger partial charge on any atom is -0.396 e.